The third-order valence-corrected chi connectivity index (χ3v) is 7.38. The van der Waals surface area contributed by atoms with Gasteiger partial charge in [-0.15, -0.1) is 0 Å². The standard InChI is InChI=1S/C21H29N5O3S/c1-17-4-3-5-19(14-17)16-30(27,28)26-8-6-24(7-9-26)20-15-21(23-18(2)22-20)25-10-12-29-13-11-25/h3-5,14-15H,6-13,16H2,1-2H3. The number of piperazine rings is 1. The molecule has 162 valence electrons. The summed E-state index contributed by atoms with van der Waals surface area (Å²) in [5, 5.41) is 0. The summed E-state index contributed by atoms with van der Waals surface area (Å²) in [5.74, 6) is 2.54. The van der Waals surface area contributed by atoms with E-state index < -0.39 is 10.0 Å². The van der Waals surface area contributed by atoms with Crippen LogP contribution in [-0.2, 0) is 20.5 Å². The minimum atomic E-state index is -3.34. The molecule has 2 aromatic rings. The van der Waals surface area contributed by atoms with Crippen molar-refractivity contribution in [2.75, 3.05) is 62.3 Å². The number of aromatic nitrogens is 2. The summed E-state index contributed by atoms with van der Waals surface area (Å²) in [7, 11) is -3.34. The molecule has 2 saturated heterocycles. The molecule has 3 heterocycles. The number of sulfonamides is 1. The molecule has 0 spiro atoms. The number of benzene rings is 1. The average Bonchev–Trinajstić information content (AvgIpc) is 2.74. The van der Waals surface area contributed by atoms with E-state index in [2.05, 4.69) is 19.8 Å². The maximum atomic E-state index is 12.9. The molecule has 1 aromatic heterocycles. The zero-order valence-corrected chi connectivity index (χ0v) is 18.4. The Hall–Kier alpha value is -2.23. The molecule has 9 heteroatoms. The molecule has 0 radical (unpaired) electrons. The quantitative estimate of drug-likeness (QED) is 0.711. The van der Waals surface area contributed by atoms with Crippen molar-refractivity contribution in [2.45, 2.75) is 19.6 Å². The van der Waals surface area contributed by atoms with Gasteiger partial charge in [0, 0.05) is 45.3 Å². The fraction of sp³-hybridized carbons (Fsp3) is 0.524. The Kier molecular flexibility index (Phi) is 6.21. The molecule has 0 saturated carbocycles. The molecule has 30 heavy (non-hydrogen) atoms. The second kappa shape index (κ2) is 8.87. The van der Waals surface area contributed by atoms with E-state index in [1.165, 1.54) is 0 Å². The molecule has 0 bridgehead atoms. The van der Waals surface area contributed by atoms with Crippen LogP contribution in [0, 0.1) is 13.8 Å². The molecular weight excluding hydrogens is 402 g/mol. The highest BCUT2D eigenvalue weighted by Crippen LogP contribution is 2.22. The summed E-state index contributed by atoms with van der Waals surface area (Å²) in [5.41, 5.74) is 1.90. The van der Waals surface area contributed by atoms with Crippen molar-refractivity contribution in [3.05, 3.63) is 47.3 Å². The molecule has 4 rings (SSSR count). The Balaban J connectivity index is 1.42. The third kappa shape index (κ3) is 4.91. The largest absolute Gasteiger partial charge is 0.378 e. The molecule has 2 aliphatic heterocycles. The van der Waals surface area contributed by atoms with Crippen molar-refractivity contribution in [2.24, 2.45) is 0 Å². The number of ether oxygens (including phenoxy) is 1. The lowest BCUT2D eigenvalue weighted by Gasteiger charge is -2.35. The van der Waals surface area contributed by atoms with Gasteiger partial charge in [-0.05, 0) is 19.4 Å². The van der Waals surface area contributed by atoms with E-state index in [1.807, 2.05) is 44.2 Å². The van der Waals surface area contributed by atoms with Crippen LogP contribution in [0.2, 0.25) is 0 Å². The van der Waals surface area contributed by atoms with Crippen molar-refractivity contribution in [3.63, 3.8) is 0 Å². The van der Waals surface area contributed by atoms with Gasteiger partial charge in [-0.2, -0.15) is 4.31 Å². The zero-order valence-electron chi connectivity index (χ0n) is 17.6. The van der Waals surface area contributed by atoms with E-state index in [0.29, 0.717) is 39.4 Å². The first-order chi connectivity index (χ1) is 14.4. The highest BCUT2D eigenvalue weighted by Gasteiger charge is 2.28. The van der Waals surface area contributed by atoms with Gasteiger partial charge in [0.1, 0.15) is 17.5 Å². The lowest BCUT2D eigenvalue weighted by molar-refractivity contribution is 0.122. The number of morpholine rings is 1. The molecule has 0 atom stereocenters. The second-order valence-corrected chi connectivity index (χ2v) is 9.83. The molecule has 8 nitrogen and oxygen atoms in total. The number of rotatable bonds is 5. The van der Waals surface area contributed by atoms with Gasteiger partial charge in [-0.1, -0.05) is 29.8 Å². The molecule has 1 aromatic carbocycles. The van der Waals surface area contributed by atoms with Gasteiger partial charge in [0.2, 0.25) is 10.0 Å². The summed E-state index contributed by atoms with van der Waals surface area (Å²) in [6.07, 6.45) is 0. The number of hydrogen-bond donors (Lipinski definition) is 0. The highest BCUT2D eigenvalue weighted by molar-refractivity contribution is 7.88. The highest BCUT2D eigenvalue weighted by atomic mass is 32.2. The Labute approximate surface area is 178 Å². The van der Waals surface area contributed by atoms with Crippen LogP contribution in [0.4, 0.5) is 11.6 Å². The van der Waals surface area contributed by atoms with E-state index in [4.69, 9.17) is 4.74 Å². The summed E-state index contributed by atoms with van der Waals surface area (Å²) in [6.45, 7) is 9.08. The van der Waals surface area contributed by atoms with Gasteiger partial charge in [-0.3, -0.25) is 0 Å². The monoisotopic (exact) mass is 431 g/mol. The summed E-state index contributed by atoms with van der Waals surface area (Å²) in [6, 6.07) is 9.70. The van der Waals surface area contributed by atoms with E-state index in [-0.39, 0.29) is 5.75 Å². The smallest absolute Gasteiger partial charge is 0.218 e. The van der Waals surface area contributed by atoms with Gasteiger partial charge < -0.3 is 14.5 Å². The number of hydrogen-bond acceptors (Lipinski definition) is 7. The Morgan fingerprint density at radius 3 is 2.17 bits per heavy atom. The minimum Gasteiger partial charge on any atom is -0.378 e. The second-order valence-electron chi connectivity index (χ2n) is 7.86. The number of anilines is 2. The van der Waals surface area contributed by atoms with Crippen molar-refractivity contribution in [1.82, 2.24) is 14.3 Å². The number of nitrogens with zero attached hydrogens (tertiary/aromatic N) is 5. The lowest BCUT2D eigenvalue weighted by Crippen LogP contribution is -2.49. The van der Waals surface area contributed by atoms with E-state index in [9.17, 15) is 8.42 Å². The summed E-state index contributed by atoms with van der Waals surface area (Å²) in [4.78, 5) is 13.6. The first kappa shape index (κ1) is 21.0. The molecule has 0 N–H and O–H groups in total. The molecule has 2 fully saturated rings. The third-order valence-electron chi connectivity index (χ3n) is 5.53. The van der Waals surface area contributed by atoms with Crippen LogP contribution in [0.3, 0.4) is 0 Å². The summed E-state index contributed by atoms with van der Waals surface area (Å²) >= 11 is 0. The maximum absolute atomic E-state index is 12.9. The van der Waals surface area contributed by atoms with Crippen molar-refractivity contribution in [3.8, 4) is 0 Å². The molecule has 0 unspecified atom stereocenters. The van der Waals surface area contributed by atoms with Crippen LogP contribution in [0.5, 0.6) is 0 Å². The average molecular weight is 432 g/mol. The van der Waals surface area contributed by atoms with Crippen LogP contribution in [0.15, 0.2) is 30.3 Å². The van der Waals surface area contributed by atoms with E-state index in [0.717, 1.165) is 41.7 Å². The Morgan fingerprint density at radius 2 is 1.53 bits per heavy atom. The van der Waals surface area contributed by atoms with Gasteiger partial charge in [0.15, 0.2) is 0 Å². The van der Waals surface area contributed by atoms with Crippen LogP contribution in [0.25, 0.3) is 0 Å². The Bertz CT molecular complexity index is 984. The first-order valence-corrected chi connectivity index (χ1v) is 12.0. The SMILES string of the molecule is Cc1cccc(CS(=O)(=O)N2CCN(c3cc(N4CCOCC4)nc(C)n3)CC2)c1. The van der Waals surface area contributed by atoms with Crippen molar-refractivity contribution in [1.29, 1.82) is 0 Å². The fourth-order valence-electron chi connectivity index (χ4n) is 3.95. The predicted molar refractivity (Wildman–Crippen MR) is 117 cm³/mol. The van der Waals surface area contributed by atoms with Crippen LogP contribution in [-0.4, -0.2) is 75.2 Å². The van der Waals surface area contributed by atoms with Gasteiger partial charge in [0.25, 0.3) is 0 Å². The molecule has 2 aliphatic rings. The van der Waals surface area contributed by atoms with Crippen molar-refractivity contribution < 1.29 is 13.2 Å². The van der Waals surface area contributed by atoms with Crippen LogP contribution >= 0.6 is 0 Å². The van der Waals surface area contributed by atoms with E-state index >= 15 is 0 Å². The minimum absolute atomic E-state index is 0.0441. The molecular formula is C21H29N5O3S. The van der Waals surface area contributed by atoms with Crippen molar-refractivity contribution >= 4 is 21.7 Å². The molecule has 0 amide bonds. The number of aryl methyl sites for hydroxylation is 2. The Morgan fingerprint density at radius 1 is 0.900 bits per heavy atom. The van der Waals surface area contributed by atoms with Crippen LogP contribution < -0.4 is 9.80 Å². The first-order valence-electron chi connectivity index (χ1n) is 10.4. The fourth-order valence-corrected chi connectivity index (χ4v) is 5.46. The van der Waals surface area contributed by atoms with Gasteiger partial charge in [-0.25, -0.2) is 18.4 Å². The van der Waals surface area contributed by atoms with E-state index in [1.54, 1.807) is 4.31 Å². The maximum Gasteiger partial charge on any atom is 0.218 e. The topological polar surface area (TPSA) is 78.9 Å². The lowest BCUT2D eigenvalue weighted by atomic mass is 10.2. The molecule has 0 aliphatic carbocycles. The van der Waals surface area contributed by atoms with Gasteiger partial charge >= 0.3 is 0 Å². The summed E-state index contributed by atoms with van der Waals surface area (Å²) < 4.78 is 32.8. The van der Waals surface area contributed by atoms with Crippen LogP contribution in [0.1, 0.15) is 17.0 Å². The van der Waals surface area contributed by atoms with Gasteiger partial charge in [0.05, 0.1) is 19.0 Å². The normalized spacial score (nSPS) is 18.6. The predicted octanol–water partition coefficient (Wildman–Crippen LogP) is 1.58. The zero-order chi connectivity index (χ0) is 21.1.